The first-order valence-corrected chi connectivity index (χ1v) is 12.6. The molecule has 34 heavy (non-hydrogen) atoms. The molecule has 1 aliphatic rings. The van der Waals surface area contributed by atoms with Gasteiger partial charge in [-0.2, -0.15) is 5.10 Å². The summed E-state index contributed by atoms with van der Waals surface area (Å²) in [5, 5.41) is 9.87. The van der Waals surface area contributed by atoms with Gasteiger partial charge in [0.25, 0.3) is 0 Å². The number of hydrogen-bond acceptors (Lipinski definition) is 5. The number of primary sulfonamides is 1. The number of aromatic nitrogens is 3. The fourth-order valence-corrected chi connectivity index (χ4v) is 4.98. The molecule has 5 rings (SSSR count). The van der Waals surface area contributed by atoms with Gasteiger partial charge in [-0.05, 0) is 55.7 Å². The highest BCUT2D eigenvalue weighted by atomic mass is 32.2. The summed E-state index contributed by atoms with van der Waals surface area (Å²) in [7, 11) is -3.82. The van der Waals surface area contributed by atoms with Crippen LogP contribution in [0.1, 0.15) is 34.2 Å². The number of carbonyl (C=O) groups is 1. The van der Waals surface area contributed by atoms with E-state index in [2.05, 4.69) is 28.0 Å². The Balaban J connectivity index is 1.63. The topological polar surface area (TPSA) is 109 Å². The number of nitrogens with two attached hydrogens (primary N) is 1. The van der Waals surface area contributed by atoms with Crippen LogP contribution in [0.4, 0.5) is 0 Å². The van der Waals surface area contributed by atoms with Crippen LogP contribution in [0.25, 0.3) is 16.9 Å². The zero-order chi connectivity index (χ0) is 23.9. The summed E-state index contributed by atoms with van der Waals surface area (Å²) < 4.78 is 32.6. The van der Waals surface area contributed by atoms with E-state index in [0.29, 0.717) is 12.1 Å². The highest BCUT2D eigenvalue weighted by Crippen LogP contribution is 2.38. The minimum absolute atomic E-state index is 0.0117. The third kappa shape index (κ3) is 3.93. The van der Waals surface area contributed by atoms with Gasteiger partial charge in [-0.15, -0.1) is 0 Å². The minimum Gasteiger partial charge on any atom is -0.461 e. The summed E-state index contributed by atoms with van der Waals surface area (Å²) in [5.74, 6) is -0.467. The molecule has 2 heterocycles. The van der Waals surface area contributed by atoms with Gasteiger partial charge in [0, 0.05) is 29.6 Å². The Bertz CT molecular complexity index is 1470. The summed E-state index contributed by atoms with van der Waals surface area (Å²) in [6.07, 6.45) is 3.47. The molecule has 2 aromatic carbocycles. The average Bonchev–Trinajstić information content (AvgIpc) is 3.41. The van der Waals surface area contributed by atoms with E-state index >= 15 is 0 Å². The maximum absolute atomic E-state index is 12.7. The number of nitrogens with zero attached hydrogens (tertiary/aromatic N) is 3. The van der Waals surface area contributed by atoms with Crippen LogP contribution in [0.5, 0.6) is 0 Å². The van der Waals surface area contributed by atoms with Crippen LogP contribution < -0.4 is 5.14 Å². The van der Waals surface area contributed by atoms with Crippen molar-refractivity contribution in [2.45, 2.75) is 31.2 Å². The molecule has 9 heteroatoms. The molecule has 4 aromatic rings. The van der Waals surface area contributed by atoms with E-state index in [1.165, 1.54) is 17.7 Å². The summed E-state index contributed by atoms with van der Waals surface area (Å²) in [6, 6.07) is 18.4. The Labute approximate surface area is 197 Å². The standard InChI is InChI=1S/C25H24N4O4S/c1-2-33-25(30)23-21-12-13-22-20(14-15-28(22)16-17-6-4-3-5-7-17)24(21)29(27-23)18-8-10-19(11-9-18)34(26,31)32/h3-11,14-15H,2,12-13,16H2,1H3,(H2,26,31,32). The molecule has 0 amide bonds. The molecule has 0 radical (unpaired) electrons. The normalized spacial score (nSPS) is 12.8. The fraction of sp³-hybridized carbons (Fsp3) is 0.200. The van der Waals surface area contributed by atoms with Gasteiger partial charge >= 0.3 is 5.97 Å². The quantitative estimate of drug-likeness (QED) is 0.430. The van der Waals surface area contributed by atoms with Gasteiger partial charge < -0.3 is 9.30 Å². The Morgan fingerprint density at radius 2 is 1.79 bits per heavy atom. The number of carbonyl (C=O) groups excluding carboxylic acids is 1. The number of ether oxygens (including phenoxy) is 1. The maximum atomic E-state index is 12.7. The van der Waals surface area contributed by atoms with Crippen LogP contribution in [0.15, 0.2) is 71.8 Å². The third-order valence-corrected chi connectivity index (χ3v) is 6.93. The molecule has 0 saturated heterocycles. The second-order valence-corrected chi connectivity index (χ2v) is 9.70. The maximum Gasteiger partial charge on any atom is 0.359 e. The van der Waals surface area contributed by atoms with E-state index < -0.39 is 16.0 Å². The monoisotopic (exact) mass is 476 g/mol. The molecule has 0 aliphatic heterocycles. The fourth-order valence-electron chi connectivity index (χ4n) is 4.46. The number of esters is 1. The summed E-state index contributed by atoms with van der Waals surface area (Å²) >= 11 is 0. The molecule has 0 bridgehead atoms. The molecule has 2 N–H and O–H groups in total. The van der Waals surface area contributed by atoms with Crippen molar-refractivity contribution in [2.75, 3.05) is 6.61 Å². The van der Waals surface area contributed by atoms with Crippen molar-refractivity contribution in [3.8, 4) is 16.9 Å². The molecule has 174 valence electrons. The molecule has 0 spiro atoms. The second-order valence-electron chi connectivity index (χ2n) is 8.14. The van der Waals surface area contributed by atoms with Crippen LogP contribution in [-0.4, -0.2) is 35.3 Å². The molecular formula is C25H24N4O4S. The van der Waals surface area contributed by atoms with E-state index in [1.54, 1.807) is 23.7 Å². The predicted molar refractivity (Wildman–Crippen MR) is 127 cm³/mol. The van der Waals surface area contributed by atoms with Crippen LogP contribution >= 0.6 is 0 Å². The minimum atomic E-state index is -3.82. The highest BCUT2D eigenvalue weighted by Gasteiger charge is 2.31. The van der Waals surface area contributed by atoms with Gasteiger partial charge in [0.15, 0.2) is 5.69 Å². The summed E-state index contributed by atoms with van der Waals surface area (Å²) in [6.45, 7) is 2.75. The second kappa shape index (κ2) is 8.58. The lowest BCUT2D eigenvalue weighted by atomic mass is 9.93. The van der Waals surface area contributed by atoms with Gasteiger partial charge in [0.1, 0.15) is 0 Å². The Morgan fingerprint density at radius 3 is 2.47 bits per heavy atom. The number of rotatable bonds is 6. The summed E-state index contributed by atoms with van der Waals surface area (Å²) in [5.41, 5.74) is 5.92. The van der Waals surface area contributed by atoms with Gasteiger partial charge in [-0.1, -0.05) is 30.3 Å². The SMILES string of the molecule is CCOC(=O)c1nn(-c2ccc(S(N)(=O)=O)cc2)c2c1CCc1c-2ccn1Cc1ccccc1. The molecule has 8 nitrogen and oxygen atoms in total. The van der Waals surface area contributed by atoms with Crippen LogP contribution in [0.3, 0.4) is 0 Å². The molecular weight excluding hydrogens is 452 g/mol. The van der Waals surface area contributed by atoms with E-state index in [4.69, 9.17) is 9.88 Å². The molecule has 0 saturated carbocycles. The van der Waals surface area contributed by atoms with E-state index in [0.717, 1.165) is 35.5 Å². The van der Waals surface area contributed by atoms with Crippen LogP contribution in [-0.2, 0) is 34.1 Å². The lowest BCUT2D eigenvalue weighted by molar-refractivity contribution is 0.0517. The summed E-state index contributed by atoms with van der Waals surface area (Å²) in [4.78, 5) is 12.7. The molecule has 1 aliphatic carbocycles. The largest absolute Gasteiger partial charge is 0.461 e. The van der Waals surface area contributed by atoms with Crippen molar-refractivity contribution in [1.82, 2.24) is 14.3 Å². The van der Waals surface area contributed by atoms with Gasteiger partial charge in [-0.25, -0.2) is 23.0 Å². The number of hydrogen-bond donors (Lipinski definition) is 1. The first-order valence-electron chi connectivity index (χ1n) is 11.0. The Kier molecular flexibility index (Phi) is 5.59. The Hall–Kier alpha value is -3.69. The van der Waals surface area contributed by atoms with Crippen molar-refractivity contribution in [3.63, 3.8) is 0 Å². The predicted octanol–water partition coefficient (Wildman–Crippen LogP) is 3.31. The first-order chi connectivity index (χ1) is 16.4. The highest BCUT2D eigenvalue weighted by molar-refractivity contribution is 7.89. The number of benzene rings is 2. The smallest absolute Gasteiger partial charge is 0.359 e. The van der Waals surface area contributed by atoms with E-state index in [-0.39, 0.29) is 17.2 Å². The zero-order valence-electron chi connectivity index (χ0n) is 18.6. The third-order valence-electron chi connectivity index (χ3n) is 6.00. The van der Waals surface area contributed by atoms with Crippen molar-refractivity contribution in [2.24, 2.45) is 5.14 Å². The van der Waals surface area contributed by atoms with Crippen molar-refractivity contribution < 1.29 is 17.9 Å². The number of fused-ring (bicyclic) bond motifs is 3. The van der Waals surface area contributed by atoms with Crippen LogP contribution in [0, 0.1) is 0 Å². The first kappa shape index (κ1) is 22.1. The molecule has 0 unspecified atom stereocenters. The van der Waals surface area contributed by atoms with Crippen LogP contribution in [0.2, 0.25) is 0 Å². The van der Waals surface area contributed by atoms with Crippen molar-refractivity contribution in [1.29, 1.82) is 0 Å². The van der Waals surface area contributed by atoms with Crippen molar-refractivity contribution in [3.05, 3.63) is 89.4 Å². The molecule has 0 atom stereocenters. The molecule has 0 fully saturated rings. The lowest BCUT2D eigenvalue weighted by Crippen LogP contribution is -2.13. The number of sulfonamides is 1. The van der Waals surface area contributed by atoms with Crippen molar-refractivity contribution >= 4 is 16.0 Å². The molecule has 2 aromatic heterocycles. The average molecular weight is 477 g/mol. The van der Waals surface area contributed by atoms with E-state index in [1.807, 2.05) is 24.3 Å². The lowest BCUT2D eigenvalue weighted by Gasteiger charge is -2.18. The van der Waals surface area contributed by atoms with Gasteiger partial charge in [0.2, 0.25) is 10.0 Å². The van der Waals surface area contributed by atoms with Gasteiger partial charge in [0.05, 0.1) is 22.9 Å². The van der Waals surface area contributed by atoms with Gasteiger partial charge in [-0.3, -0.25) is 0 Å². The zero-order valence-corrected chi connectivity index (χ0v) is 19.5. The van der Waals surface area contributed by atoms with E-state index in [9.17, 15) is 13.2 Å². The Morgan fingerprint density at radius 1 is 1.06 bits per heavy atom.